The van der Waals surface area contributed by atoms with E-state index in [4.69, 9.17) is 9.47 Å². The molecule has 1 atom stereocenters. The summed E-state index contributed by atoms with van der Waals surface area (Å²) in [6, 6.07) is 5.88. The molecule has 0 aliphatic carbocycles. The number of methoxy groups -OCH3 is 1. The van der Waals surface area contributed by atoms with Crippen molar-refractivity contribution in [3.63, 3.8) is 0 Å². The van der Waals surface area contributed by atoms with Gasteiger partial charge >= 0.3 is 0 Å². The van der Waals surface area contributed by atoms with E-state index in [-0.39, 0.29) is 6.61 Å². The van der Waals surface area contributed by atoms with Gasteiger partial charge in [-0.2, -0.15) is 0 Å². The van der Waals surface area contributed by atoms with Crippen molar-refractivity contribution >= 4 is 0 Å². The zero-order valence-corrected chi connectivity index (χ0v) is 18.8. The van der Waals surface area contributed by atoms with Crippen molar-refractivity contribution in [1.82, 2.24) is 20.2 Å². The van der Waals surface area contributed by atoms with Crippen LogP contribution in [0.15, 0.2) is 30.6 Å². The fourth-order valence-electron chi connectivity index (χ4n) is 3.82. The van der Waals surface area contributed by atoms with E-state index in [2.05, 4.69) is 20.2 Å². The number of nitrogens with one attached hydrogen (secondary N) is 1. The van der Waals surface area contributed by atoms with E-state index in [0.717, 1.165) is 30.0 Å². The topological polar surface area (TPSA) is 79.7 Å². The van der Waals surface area contributed by atoms with Crippen LogP contribution < -0.4 is 14.8 Å². The quantitative estimate of drug-likeness (QED) is 0.602. The number of aryl methyl sites for hydroxylation is 1. The molecule has 2 N–H and O–H groups in total. The number of β-amino-alcohol motifs (C(OH)–C–C–N with tert-alkyl or cyclic N) is 1. The Morgan fingerprint density at radius 2 is 1.81 bits per heavy atom. The van der Waals surface area contributed by atoms with Gasteiger partial charge in [0, 0.05) is 32.0 Å². The summed E-state index contributed by atoms with van der Waals surface area (Å²) in [6.07, 6.45) is 9.38. The van der Waals surface area contributed by atoms with E-state index in [0.29, 0.717) is 31.1 Å². The lowest BCUT2D eigenvalue weighted by atomic mass is 10.1. The highest BCUT2D eigenvalue weighted by molar-refractivity contribution is 5.43. The van der Waals surface area contributed by atoms with Crippen LogP contribution in [0.25, 0.3) is 0 Å². The van der Waals surface area contributed by atoms with Gasteiger partial charge in [-0.3, -0.25) is 9.97 Å². The maximum atomic E-state index is 10.5. The van der Waals surface area contributed by atoms with Crippen LogP contribution in [0.4, 0.5) is 0 Å². The molecule has 1 fully saturated rings. The van der Waals surface area contributed by atoms with Crippen molar-refractivity contribution < 1.29 is 14.6 Å². The molecule has 3 rings (SSSR count). The van der Waals surface area contributed by atoms with Crippen LogP contribution in [0.1, 0.15) is 49.1 Å². The van der Waals surface area contributed by atoms with E-state index in [1.165, 1.54) is 32.1 Å². The molecule has 0 spiro atoms. The number of hydrogen-bond acceptors (Lipinski definition) is 7. The summed E-state index contributed by atoms with van der Waals surface area (Å²) >= 11 is 0. The lowest BCUT2D eigenvalue weighted by Gasteiger charge is -2.26. The van der Waals surface area contributed by atoms with Gasteiger partial charge in [0.25, 0.3) is 0 Å². The molecule has 0 bridgehead atoms. The van der Waals surface area contributed by atoms with Gasteiger partial charge in [-0.15, -0.1) is 0 Å². The minimum Gasteiger partial charge on any atom is -0.493 e. The first-order valence-corrected chi connectivity index (χ1v) is 11.3. The first-order valence-electron chi connectivity index (χ1n) is 11.3. The summed E-state index contributed by atoms with van der Waals surface area (Å²) in [5.74, 6) is 1.33. The third-order valence-electron chi connectivity index (χ3n) is 5.55. The fourth-order valence-corrected chi connectivity index (χ4v) is 3.82. The monoisotopic (exact) mass is 428 g/mol. The van der Waals surface area contributed by atoms with Gasteiger partial charge in [0.1, 0.15) is 12.7 Å². The highest BCUT2D eigenvalue weighted by Crippen LogP contribution is 2.28. The minimum absolute atomic E-state index is 0.253. The van der Waals surface area contributed by atoms with Gasteiger partial charge in [0.2, 0.25) is 0 Å². The van der Waals surface area contributed by atoms with E-state index in [1.54, 1.807) is 19.5 Å². The van der Waals surface area contributed by atoms with Gasteiger partial charge in [0.15, 0.2) is 11.5 Å². The van der Waals surface area contributed by atoms with Gasteiger partial charge in [0.05, 0.1) is 18.5 Å². The van der Waals surface area contributed by atoms with Crippen molar-refractivity contribution in [1.29, 1.82) is 0 Å². The lowest BCUT2D eigenvalue weighted by Crippen LogP contribution is -2.37. The number of nitrogens with zero attached hydrogens (tertiary/aromatic N) is 3. The number of rotatable bonds is 10. The van der Waals surface area contributed by atoms with Gasteiger partial charge in [-0.1, -0.05) is 25.3 Å². The van der Waals surface area contributed by atoms with Crippen molar-refractivity contribution in [3.05, 3.63) is 47.5 Å². The van der Waals surface area contributed by atoms with E-state index >= 15 is 0 Å². The van der Waals surface area contributed by atoms with Crippen LogP contribution in [-0.4, -0.2) is 59.4 Å². The molecule has 1 aliphatic heterocycles. The van der Waals surface area contributed by atoms with Crippen molar-refractivity contribution in [3.8, 4) is 11.5 Å². The molecule has 1 aromatic carbocycles. The highest BCUT2D eigenvalue weighted by atomic mass is 16.5. The molecular weight excluding hydrogens is 392 g/mol. The molecule has 1 aliphatic rings. The molecule has 1 unspecified atom stereocenters. The molecule has 170 valence electrons. The Labute approximate surface area is 185 Å². The summed E-state index contributed by atoms with van der Waals surface area (Å²) in [5.41, 5.74) is 2.89. The zero-order chi connectivity index (χ0) is 21.9. The first kappa shape index (κ1) is 23.4. The molecular formula is C24H36N4O3. The largest absolute Gasteiger partial charge is 0.493 e. The second-order valence-corrected chi connectivity index (χ2v) is 8.27. The van der Waals surface area contributed by atoms with Gasteiger partial charge in [-0.05, 0) is 50.6 Å². The van der Waals surface area contributed by atoms with Crippen LogP contribution in [0, 0.1) is 6.92 Å². The molecule has 7 heteroatoms. The second-order valence-electron chi connectivity index (χ2n) is 8.27. The Kier molecular flexibility index (Phi) is 9.52. The Bertz CT molecular complexity index is 777. The minimum atomic E-state index is -0.522. The van der Waals surface area contributed by atoms with Crippen molar-refractivity contribution in [2.24, 2.45) is 0 Å². The number of hydrogen-bond donors (Lipinski definition) is 2. The van der Waals surface area contributed by atoms with Crippen molar-refractivity contribution in [2.45, 2.75) is 58.2 Å². The lowest BCUT2D eigenvalue weighted by molar-refractivity contribution is 0.0644. The average Bonchev–Trinajstić information content (AvgIpc) is 2.75. The zero-order valence-electron chi connectivity index (χ0n) is 18.8. The predicted molar refractivity (Wildman–Crippen MR) is 121 cm³/mol. The number of aliphatic hydroxyl groups excluding tert-OH is 1. The van der Waals surface area contributed by atoms with Crippen LogP contribution in [-0.2, 0) is 13.1 Å². The average molecular weight is 429 g/mol. The summed E-state index contributed by atoms with van der Waals surface area (Å²) < 4.78 is 11.4. The molecule has 0 amide bonds. The molecule has 7 nitrogen and oxygen atoms in total. The molecule has 2 aromatic rings. The van der Waals surface area contributed by atoms with Crippen molar-refractivity contribution in [2.75, 3.05) is 33.4 Å². The normalized spacial score (nSPS) is 16.4. The first-order chi connectivity index (χ1) is 15.1. The number of likely N-dealkylation sites (tertiary alicyclic amines) is 1. The van der Waals surface area contributed by atoms with Gasteiger partial charge < -0.3 is 24.8 Å². The van der Waals surface area contributed by atoms with Crippen LogP contribution in [0.5, 0.6) is 11.5 Å². The maximum Gasteiger partial charge on any atom is 0.161 e. The fraction of sp³-hybridized carbons (Fsp3) is 0.583. The Morgan fingerprint density at radius 3 is 2.52 bits per heavy atom. The second kappa shape index (κ2) is 12.6. The molecule has 0 radical (unpaired) electrons. The maximum absolute atomic E-state index is 10.5. The van der Waals surface area contributed by atoms with Crippen LogP contribution in [0.2, 0.25) is 0 Å². The SMILES string of the molecule is COc1ccc(CNCc2cnc(C)cn2)cc1OCC(O)CN1CCCCCCC1. The van der Waals surface area contributed by atoms with Gasteiger partial charge in [-0.25, -0.2) is 0 Å². The number of aromatic nitrogens is 2. The summed E-state index contributed by atoms with van der Waals surface area (Å²) in [6.45, 7) is 6.27. The number of ether oxygens (including phenoxy) is 2. The van der Waals surface area contributed by atoms with Crippen LogP contribution >= 0.6 is 0 Å². The van der Waals surface area contributed by atoms with Crippen LogP contribution in [0.3, 0.4) is 0 Å². The number of aliphatic hydroxyl groups is 1. The molecule has 31 heavy (non-hydrogen) atoms. The Morgan fingerprint density at radius 1 is 1.03 bits per heavy atom. The third kappa shape index (κ3) is 8.09. The van der Waals surface area contributed by atoms with E-state index < -0.39 is 6.10 Å². The van der Waals surface area contributed by atoms with E-state index in [1.807, 2.05) is 25.1 Å². The van der Waals surface area contributed by atoms with E-state index in [9.17, 15) is 5.11 Å². The third-order valence-corrected chi connectivity index (χ3v) is 5.55. The molecule has 2 heterocycles. The molecule has 1 aromatic heterocycles. The predicted octanol–water partition coefficient (Wildman–Crippen LogP) is 3.09. The number of benzene rings is 1. The standard InChI is InChI=1S/C24H36N4O3/c1-19-13-27-21(16-26-19)15-25-14-20-8-9-23(30-2)24(12-20)31-18-22(29)17-28-10-6-4-3-5-7-11-28/h8-9,12-13,16,22,25,29H,3-7,10-11,14-15,17-18H2,1-2H3. The summed E-state index contributed by atoms with van der Waals surface area (Å²) in [5, 5.41) is 13.9. The smallest absolute Gasteiger partial charge is 0.161 e. The molecule has 0 saturated carbocycles. The highest BCUT2D eigenvalue weighted by Gasteiger charge is 2.15. The Hall–Kier alpha value is -2.22. The summed E-state index contributed by atoms with van der Waals surface area (Å²) in [7, 11) is 1.63. The molecule has 1 saturated heterocycles. The Balaban J connectivity index is 1.49. The summed E-state index contributed by atoms with van der Waals surface area (Å²) in [4.78, 5) is 11.0.